The Bertz CT molecular complexity index is 303. The van der Waals surface area contributed by atoms with Crippen molar-refractivity contribution in [3.8, 4) is 0 Å². The van der Waals surface area contributed by atoms with Gasteiger partial charge in [-0.25, -0.2) is 0 Å². The van der Waals surface area contributed by atoms with Crippen LogP contribution in [0.5, 0.6) is 0 Å². The molecule has 0 aromatic carbocycles. The fourth-order valence-electron chi connectivity index (χ4n) is 0.895. The van der Waals surface area contributed by atoms with E-state index in [1.165, 1.54) is 0 Å². The largest absolute Gasteiger partial charge is 0.325 e. The van der Waals surface area contributed by atoms with Crippen LogP contribution in [0.4, 0.5) is 0 Å². The Balaban J connectivity index is 2.57. The monoisotopic (exact) mass is 189 g/mol. The Hall–Kier alpha value is -0.840. The Morgan fingerprint density at radius 1 is 1.58 bits per heavy atom. The first kappa shape index (κ1) is 9.25. The summed E-state index contributed by atoms with van der Waals surface area (Å²) in [6, 6.07) is 0. The topological polar surface area (TPSA) is 55.7 Å². The Labute approximate surface area is 72.0 Å². The van der Waals surface area contributed by atoms with Crippen LogP contribution in [0.15, 0.2) is 17.3 Å². The van der Waals surface area contributed by atoms with Crippen LogP contribution in [0.2, 0.25) is 0 Å². The summed E-state index contributed by atoms with van der Waals surface area (Å²) in [5, 5.41) is 3.50. The highest BCUT2D eigenvalue weighted by Gasteiger charge is 2.04. The van der Waals surface area contributed by atoms with Gasteiger partial charge in [0.15, 0.2) is 0 Å². The molecule has 0 bridgehead atoms. The van der Waals surface area contributed by atoms with Gasteiger partial charge in [0.05, 0.1) is 12.0 Å². The molecule has 1 aliphatic rings. The van der Waals surface area contributed by atoms with E-state index in [1.54, 1.807) is 6.08 Å². The van der Waals surface area contributed by atoms with Crippen LogP contribution in [0.25, 0.3) is 0 Å². The van der Waals surface area contributed by atoms with Crippen molar-refractivity contribution in [1.29, 1.82) is 0 Å². The smallest absolute Gasteiger partial charge is 0.268 e. The molecule has 0 saturated carbocycles. The zero-order valence-corrected chi connectivity index (χ0v) is 7.67. The molecule has 0 aliphatic heterocycles. The Morgan fingerprint density at radius 2 is 2.33 bits per heavy atom. The molecular formula is C7H11NO3S. The highest BCUT2D eigenvalue weighted by atomic mass is 32.2. The van der Waals surface area contributed by atoms with Crippen molar-refractivity contribution in [2.45, 2.75) is 19.3 Å². The maximum Gasteiger partial charge on any atom is 0.325 e. The number of nitrogens with zero attached hydrogens (tertiary/aromatic N) is 1. The molecule has 5 heteroatoms. The average molecular weight is 189 g/mol. The summed E-state index contributed by atoms with van der Waals surface area (Å²) in [7, 11) is -3.44. The van der Waals surface area contributed by atoms with Crippen molar-refractivity contribution in [3.05, 3.63) is 12.2 Å². The highest BCUT2D eigenvalue weighted by molar-refractivity contribution is 7.85. The molecule has 0 N–H and O–H groups in total. The van der Waals surface area contributed by atoms with Crippen molar-refractivity contribution in [2.75, 3.05) is 6.26 Å². The lowest BCUT2D eigenvalue weighted by atomic mass is 10.1. The lowest BCUT2D eigenvalue weighted by Crippen LogP contribution is -2.03. The molecule has 0 aromatic heterocycles. The van der Waals surface area contributed by atoms with E-state index in [-0.39, 0.29) is 0 Å². The molecule has 68 valence electrons. The first-order valence-corrected chi connectivity index (χ1v) is 5.51. The molecule has 1 rings (SSSR count). The minimum absolute atomic E-state index is 0.687. The van der Waals surface area contributed by atoms with E-state index in [0.717, 1.165) is 25.5 Å². The van der Waals surface area contributed by atoms with Crippen molar-refractivity contribution in [1.82, 2.24) is 0 Å². The number of oxime groups is 1. The molecular weight excluding hydrogens is 178 g/mol. The van der Waals surface area contributed by atoms with Gasteiger partial charge in [0.2, 0.25) is 0 Å². The molecule has 0 unspecified atom stereocenters. The third-order valence-electron chi connectivity index (χ3n) is 1.40. The SMILES string of the molecule is CS(=O)(=O)ON=C1C=CCCC1. The molecule has 1 aliphatic carbocycles. The predicted molar refractivity (Wildman–Crippen MR) is 46.4 cm³/mol. The molecule has 0 saturated heterocycles. The molecule has 0 amide bonds. The summed E-state index contributed by atoms with van der Waals surface area (Å²) >= 11 is 0. The van der Waals surface area contributed by atoms with Gasteiger partial charge in [-0.1, -0.05) is 11.2 Å². The summed E-state index contributed by atoms with van der Waals surface area (Å²) in [5.74, 6) is 0. The van der Waals surface area contributed by atoms with Crippen molar-refractivity contribution >= 4 is 15.8 Å². The summed E-state index contributed by atoms with van der Waals surface area (Å²) in [6.45, 7) is 0. The maximum absolute atomic E-state index is 10.5. The van der Waals surface area contributed by atoms with Crippen molar-refractivity contribution in [3.63, 3.8) is 0 Å². The van der Waals surface area contributed by atoms with Crippen LogP contribution in [-0.2, 0) is 14.4 Å². The maximum atomic E-state index is 10.5. The average Bonchev–Trinajstić information content (AvgIpc) is 2.02. The number of rotatable bonds is 2. The molecule has 12 heavy (non-hydrogen) atoms. The second kappa shape index (κ2) is 3.71. The zero-order chi connectivity index (χ0) is 9.03. The lowest BCUT2D eigenvalue weighted by Gasteiger charge is -2.04. The second-order valence-electron chi connectivity index (χ2n) is 2.66. The summed E-state index contributed by atoms with van der Waals surface area (Å²) in [5.41, 5.74) is 0.687. The van der Waals surface area contributed by atoms with E-state index >= 15 is 0 Å². The lowest BCUT2D eigenvalue weighted by molar-refractivity contribution is 0.342. The number of hydrogen-bond donors (Lipinski definition) is 0. The van der Waals surface area contributed by atoms with Crippen molar-refractivity contribution in [2.24, 2.45) is 5.16 Å². The molecule has 0 radical (unpaired) electrons. The van der Waals surface area contributed by atoms with Gasteiger partial charge in [0, 0.05) is 0 Å². The highest BCUT2D eigenvalue weighted by Crippen LogP contribution is 2.07. The molecule has 0 atom stereocenters. The summed E-state index contributed by atoms with van der Waals surface area (Å²) in [4.78, 5) is 0. The van der Waals surface area contributed by atoms with Gasteiger partial charge in [0.1, 0.15) is 0 Å². The normalized spacial score (nSPS) is 21.2. The fourth-order valence-corrected chi connectivity index (χ4v) is 1.13. The van der Waals surface area contributed by atoms with E-state index in [9.17, 15) is 8.42 Å². The predicted octanol–water partition coefficient (Wildman–Crippen LogP) is 1.06. The third-order valence-corrected chi connectivity index (χ3v) is 1.75. The number of allylic oxidation sites excluding steroid dienone is 2. The Kier molecular flexibility index (Phi) is 2.86. The molecule has 0 heterocycles. The van der Waals surface area contributed by atoms with Crippen LogP contribution < -0.4 is 0 Å². The van der Waals surface area contributed by atoms with Crippen LogP contribution in [0, 0.1) is 0 Å². The minimum Gasteiger partial charge on any atom is -0.268 e. The van der Waals surface area contributed by atoms with Crippen LogP contribution in [0.1, 0.15) is 19.3 Å². The van der Waals surface area contributed by atoms with E-state index < -0.39 is 10.1 Å². The van der Waals surface area contributed by atoms with Gasteiger partial charge in [0.25, 0.3) is 0 Å². The first-order valence-electron chi connectivity index (χ1n) is 3.70. The standard InChI is InChI=1S/C7H11NO3S/c1-12(9,10)11-8-7-5-3-2-4-6-7/h3,5H,2,4,6H2,1H3. The van der Waals surface area contributed by atoms with Gasteiger partial charge in [-0.05, 0) is 25.3 Å². The first-order chi connectivity index (χ1) is 5.58. The molecule has 0 fully saturated rings. The summed E-state index contributed by atoms with van der Waals surface area (Å²) < 4.78 is 25.3. The van der Waals surface area contributed by atoms with Crippen LogP contribution in [-0.4, -0.2) is 20.4 Å². The van der Waals surface area contributed by atoms with Crippen molar-refractivity contribution < 1.29 is 12.7 Å². The van der Waals surface area contributed by atoms with E-state index in [0.29, 0.717) is 5.71 Å². The van der Waals surface area contributed by atoms with Crippen LogP contribution in [0.3, 0.4) is 0 Å². The van der Waals surface area contributed by atoms with Gasteiger partial charge >= 0.3 is 10.1 Å². The molecule has 0 spiro atoms. The summed E-state index contributed by atoms with van der Waals surface area (Å²) in [6.07, 6.45) is 7.53. The zero-order valence-electron chi connectivity index (χ0n) is 6.86. The van der Waals surface area contributed by atoms with E-state index in [2.05, 4.69) is 9.44 Å². The third kappa shape index (κ3) is 3.52. The molecule has 4 nitrogen and oxygen atoms in total. The molecule has 0 aromatic rings. The number of hydrogen-bond acceptors (Lipinski definition) is 4. The van der Waals surface area contributed by atoms with Gasteiger partial charge in [-0.15, -0.1) is 0 Å². The van der Waals surface area contributed by atoms with Gasteiger partial charge in [-0.2, -0.15) is 8.42 Å². The van der Waals surface area contributed by atoms with E-state index in [4.69, 9.17) is 0 Å². The quantitative estimate of drug-likeness (QED) is 0.610. The fraction of sp³-hybridized carbons (Fsp3) is 0.571. The van der Waals surface area contributed by atoms with Crippen LogP contribution >= 0.6 is 0 Å². The Morgan fingerprint density at radius 3 is 2.83 bits per heavy atom. The minimum atomic E-state index is -3.44. The van der Waals surface area contributed by atoms with E-state index in [1.807, 2.05) is 6.08 Å². The van der Waals surface area contributed by atoms with Gasteiger partial charge in [-0.3, -0.25) is 4.28 Å². The van der Waals surface area contributed by atoms with Gasteiger partial charge < -0.3 is 0 Å². The second-order valence-corrected chi connectivity index (χ2v) is 4.21.